The number of rotatable bonds is 4. The molecule has 2 rings (SSSR count). The Hall–Kier alpha value is -0.540. The van der Waals surface area contributed by atoms with Gasteiger partial charge in [-0.05, 0) is 48.3 Å². The molecule has 1 aliphatic heterocycles. The lowest BCUT2D eigenvalue weighted by Gasteiger charge is -2.27. The lowest BCUT2D eigenvalue weighted by atomic mass is 9.80. The third kappa shape index (κ3) is 4.23. The number of benzene rings is 1. The van der Waals surface area contributed by atoms with E-state index >= 15 is 0 Å². The summed E-state index contributed by atoms with van der Waals surface area (Å²) in [6, 6.07) is 7.01. The maximum Gasteiger partial charge on any atom is 0.0377 e. The van der Waals surface area contributed by atoms with Crippen molar-refractivity contribution < 1.29 is 0 Å². The molecule has 2 atom stereocenters. The monoisotopic (exact) mass is 352 g/mol. The van der Waals surface area contributed by atoms with Crippen LogP contribution in [0.1, 0.15) is 46.1 Å². The molecule has 0 saturated carbocycles. The van der Waals surface area contributed by atoms with Crippen LogP contribution in [0.25, 0.3) is 0 Å². The van der Waals surface area contributed by atoms with Crippen LogP contribution in [0.15, 0.2) is 22.7 Å². The topological polar surface area (TPSA) is 29.3 Å². The molecule has 1 saturated heterocycles. The molecule has 1 fully saturated rings. The van der Waals surface area contributed by atoms with Crippen LogP contribution in [0.2, 0.25) is 0 Å². The molecule has 21 heavy (non-hydrogen) atoms. The van der Waals surface area contributed by atoms with E-state index in [1.165, 1.54) is 35.2 Å². The molecule has 0 radical (unpaired) electrons. The van der Waals surface area contributed by atoms with Crippen molar-refractivity contribution in [2.75, 3.05) is 18.0 Å². The Bertz CT molecular complexity index is 479. The summed E-state index contributed by atoms with van der Waals surface area (Å²) in [4.78, 5) is 2.52. The predicted octanol–water partition coefficient (Wildman–Crippen LogP) is 4.60. The van der Waals surface area contributed by atoms with Crippen molar-refractivity contribution in [2.45, 2.75) is 53.0 Å². The zero-order chi connectivity index (χ0) is 15.6. The number of nitrogens with zero attached hydrogens (tertiary/aromatic N) is 1. The van der Waals surface area contributed by atoms with E-state index < -0.39 is 0 Å². The third-order valence-electron chi connectivity index (χ3n) is 4.82. The van der Waals surface area contributed by atoms with E-state index in [0.717, 1.165) is 18.8 Å². The first kappa shape index (κ1) is 16.8. The molecule has 0 aromatic heterocycles. The molecule has 0 aliphatic carbocycles. The molecule has 0 amide bonds. The molecule has 2 nitrogen and oxygen atoms in total. The van der Waals surface area contributed by atoms with E-state index in [4.69, 9.17) is 5.73 Å². The Kier molecular flexibility index (Phi) is 5.37. The van der Waals surface area contributed by atoms with Crippen molar-refractivity contribution in [1.29, 1.82) is 0 Å². The highest BCUT2D eigenvalue weighted by Gasteiger charge is 2.31. The zero-order valence-corrected chi connectivity index (χ0v) is 15.4. The van der Waals surface area contributed by atoms with Gasteiger partial charge in [-0.25, -0.2) is 0 Å². The van der Waals surface area contributed by atoms with Crippen molar-refractivity contribution in [3.05, 3.63) is 28.2 Å². The second kappa shape index (κ2) is 6.70. The van der Waals surface area contributed by atoms with E-state index in [9.17, 15) is 0 Å². The van der Waals surface area contributed by atoms with Gasteiger partial charge >= 0.3 is 0 Å². The van der Waals surface area contributed by atoms with Crippen LogP contribution in [0.3, 0.4) is 0 Å². The van der Waals surface area contributed by atoms with Gasteiger partial charge in [0.15, 0.2) is 0 Å². The maximum atomic E-state index is 6.07. The molecule has 1 aliphatic rings. The minimum atomic E-state index is 0.254. The number of hydrogen-bond acceptors (Lipinski definition) is 2. The summed E-state index contributed by atoms with van der Waals surface area (Å²) in [5, 5.41) is 0. The van der Waals surface area contributed by atoms with E-state index in [-0.39, 0.29) is 6.04 Å². The summed E-state index contributed by atoms with van der Waals surface area (Å²) in [6.07, 6.45) is 3.26. The summed E-state index contributed by atoms with van der Waals surface area (Å²) in [6.45, 7) is 11.5. The highest BCUT2D eigenvalue weighted by atomic mass is 79.9. The average Bonchev–Trinajstić information content (AvgIpc) is 2.90. The first-order valence-corrected chi connectivity index (χ1v) is 8.89. The molecular formula is C18H29BrN2. The molecule has 2 unspecified atom stereocenters. The highest BCUT2D eigenvalue weighted by Crippen LogP contribution is 2.36. The maximum absolute atomic E-state index is 6.07. The summed E-state index contributed by atoms with van der Waals surface area (Å²) in [7, 11) is 0. The van der Waals surface area contributed by atoms with Crippen LogP contribution < -0.4 is 10.6 Å². The van der Waals surface area contributed by atoms with Gasteiger partial charge in [0.2, 0.25) is 0 Å². The van der Waals surface area contributed by atoms with Crippen LogP contribution in [0, 0.1) is 11.3 Å². The van der Waals surface area contributed by atoms with Crippen molar-refractivity contribution in [2.24, 2.45) is 17.1 Å². The minimum Gasteiger partial charge on any atom is -0.371 e. The Labute approximate surface area is 138 Å². The summed E-state index contributed by atoms with van der Waals surface area (Å²) >= 11 is 3.72. The molecule has 118 valence electrons. The van der Waals surface area contributed by atoms with Crippen LogP contribution in [0.4, 0.5) is 5.69 Å². The second-order valence-electron chi connectivity index (χ2n) is 7.45. The van der Waals surface area contributed by atoms with E-state index in [0.29, 0.717) is 5.41 Å². The Balaban J connectivity index is 2.07. The van der Waals surface area contributed by atoms with Crippen molar-refractivity contribution in [3.8, 4) is 0 Å². The van der Waals surface area contributed by atoms with Crippen LogP contribution in [-0.4, -0.2) is 19.1 Å². The average molecular weight is 353 g/mol. The van der Waals surface area contributed by atoms with E-state index in [2.05, 4.69) is 66.7 Å². The Morgan fingerprint density at radius 2 is 2.10 bits per heavy atom. The fraction of sp³-hybridized carbons (Fsp3) is 0.667. The number of nitrogens with two attached hydrogens (primary N) is 1. The van der Waals surface area contributed by atoms with Gasteiger partial charge in [0.05, 0.1) is 0 Å². The smallest absolute Gasteiger partial charge is 0.0377 e. The largest absolute Gasteiger partial charge is 0.371 e. The molecule has 0 spiro atoms. The van der Waals surface area contributed by atoms with Crippen molar-refractivity contribution in [3.63, 3.8) is 0 Å². The number of halogens is 1. The summed E-state index contributed by atoms with van der Waals surface area (Å²) in [5.74, 6) is 0.782. The standard InChI is InChI=1S/C18H29BrN2/c1-5-15(20)10-13-6-7-16(11-17(13)19)21-9-8-14(12-21)18(2,3)4/h6-7,11,14-15H,5,8-10,12,20H2,1-4H3. The van der Waals surface area contributed by atoms with Crippen molar-refractivity contribution in [1.82, 2.24) is 0 Å². The van der Waals surface area contributed by atoms with Gasteiger partial charge in [-0.3, -0.25) is 0 Å². The lowest BCUT2D eigenvalue weighted by Crippen LogP contribution is -2.26. The summed E-state index contributed by atoms with van der Waals surface area (Å²) < 4.78 is 1.20. The molecule has 2 N–H and O–H groups in total. The molecular weight excluding hydrogens is 324 g/mol. The molecule has 1 heterocycles. The van der Waals surface area contributed by atoms with Gasteiger partial charge in [0.1, 0.15) is 0 Å². The fourth-order valence-corrected chi connectivity index (χ4v) is 3.56. The highest BCUT2D eigenvalue weighted by molar-refractivity contribution is 9.10. The van der Waals surface area contributed by atoms with Gasteiger partial charge < -0.3 is 10.6 Å². The van der Waals surface area contributed by atoms with Crippen LogP contribution in [0.5, 0.6) is 0 Å². The van der Waals surface area contributed by atoms with Crippen molar-refractivity contribution >= 4 is 21.6 Å². The van der Waals surface area contributed by atoms with Crippen LogP contribution in [-0.2, 0) is 6.42 Å². The second-order valence-corrected chi connectivity index (χ2v) is 8.30. The summed E-state index contributed by atoms with van der Waals surface area (Å²) in [5.41, 5.74) is 9.13. The first-order chi connectivity index (χ1) is 9.81. The molecule has 1 aromatic rings. The Morgan fingerprint density at radius 1 is 1.38 bits per heavy atom. The van der Waals surface area contributed by atoms with Gasteiger partial charge in [0.25, 0.3) is 0 Å². The van der Waals surface area contributed by atoms with Gasteiger partial charge in [-0.1, -0.05) is 49.7 Å². The van der Waals surface area contributed by atoms with Gasteiger partial charge in [0, 0.05) is 29.3 Å². The van der Waals surface area contributed by atoms with Crippen LogP contribution >= 0.6 is 15.9 Å². The first-order valence-electron chi connectivity index (χ1n) is 8.10. The predicted molar refractivity (Wildman–Crippen MR) is 95.9 cm³/mol. The molecule has 0 bridgehead atoms. The normalized spacial score (nSPS) is 20.9. The number of hydrogen-bond donors (Lipinski definition) is 1. The quantitative estimate of drug-likeness (QED) is 0.857. The SMILES string of the molecule is CCC(N)Cc1ccc(N2CCC(C(C)(C)C)C2)cc1Br. The van der Waals surface area contributed by atoms with E-state index in [1.54, 1.807) is 0 Å². The molecule has 1 aromatic carbocycles. The lowest BCUT2D eigenvalue weighted by molar-refractivity contribution is 0.263. The van der Waals surface area contributed by atoms with E-state index in [1.807, 2.05) is 0 Å². The zero-order valence-electron chi connectivity index (χ0n) is 13.8. The third-order valence-corrected chi connectivity index (χ3v) is 5.56. The minimum absolute atomic E-state index is 0.254. The van der Waals surface area contributed by atoms with Gasteiger partial charge in [-0.2, -0.15) is 0 Å². The Morgan fingerprint density at radius 3 is 2.62 bits per heavy atom. The molecule has 3 heteroatoms. The van der Waals surface area contributed by atoms with Gasteiger partial charge in [-0.15, -0.1) is 0 Å². The fourth-order valence-electron chi connectivity index (χ4n) is 3.03. The number of anilines is 1.